The van der Waals surface area contributed by atoms with E-state index in [1.165, 1.54) is 31.3 Å². The molecular weight excluding hydrogens is 272 g/mol. The van der Waals surface area contributed by atoms with Gasteiger partial charge in [0.2, 0.25) is 0 Å². The summed E-state index contributed by atoms with van der Waals surface area (Å²) < 4.78 is 5.14. The number of aliphatic hydroxyl groups excluding tert-OH is 1. The minimum atomic E-state index is -0.423. The second-order valence-electron chi connectivity index (χ2n) is 8.45. The molecule has 1 heterocycles. The summed E-state index contributed by atoms with van der Waals surface area (Å²) in [4.78, 5) is 0. The molecule has 1 aromatic rings. The summed E-state index contributed by atoms with van der Waals surface area (Å²) in [6.45, 7) is 9.61. The van der Waals surface area contributed by atoms with Crippen LogP contribution < -0.4 is 0 Å². The molecule has 0 aromatic carbocycles. The summed E-state index contributed by atoms with van der Waals surface area (Å²) in [5.41, 5.74) is 3.10. The van der Waals surface area contributed by atoms with E-state index in [1.807, 2.05) is 6.07 Å². The van der Waals surface area contributed by atoms with Gasteiger partial charge in [-0.15, -0.1) is 0 Å². The summed E-state index contributed by atoms with van der Waals surface area (Å²) in [6, 6.07) is 1.89. The molecule has 22 heavy (non-hydrogen) atoms. The van der Waals surface area contributed by atoms with Crippen molar-refractivity contribution in [2.24, 2.45) is 22.7 Å². The molecule has 4 atom stereocenters. The molecule has 1 fully saturated rings. The molecule has 2 heteroatoms. The fourth-order valence-corrected chi connectivity index (χ4v) is 5.42. The maximum atomic E-state index is 10.6. The van der Waals surface area contributed by atoms with Gasteiger partial charge in [0.25, 0.3) is 0 Å². The van der Waals surface area contributed by atoms with Crippen LogP contribution in [-0.2, 0) is 0 Å². The first-order valence-corrected chi connectivity index (χ1v) is 8.71. The number of rotatable bonds is 3. The van der Waals surface area contributed by atoms with Crippen LogP contribution in [0.2, 0.25) is 0 Å². The molecular formula is C20H30O2. The lowest BCUT2D eigenvalue weighted by atomic mass is 9.48. The van der Waals surface area contributed by atoms with Gasteiger partial charge in [0.1, 0.15) is 0 Å². The molecule has 0 amide bonds. The summed E-state index contributed by atoms with van der Waals surface area (Å²) in [7, 11) is 0. The Balaban J connectivity index is 1.88. The van der Waals surface area contributed by atoms with Gasteiger partial charge in [-0.25, -0.2) is 0 Å². The maximum Gasteiger partial charge on any atom is 0.0960 e. The molecule has 0 radical (unpaired) electrons. The second-order valence-corrected chi connectivity index (χ2v) is 8.45. The van der Waals surface area contributed by atoms with E-state index in [1.54, 1.807) is 12.5 Å². The Kier molecular flexibility index (Phi) is 4.01. The van der Waals surface area contributed by atoms with Gasteiger partial charge in [-0.2, -0.15) is 0 Å². The lowest BCUT2D eigenvalue weighted by molar-refractivity contribution is -0.0497. The van der Waals surface area contributed by atoms with Crippen LogP contribution in [0.1, 0.15) is 71.5 Å². The Morgan fingerprint density at radius 1 is 1.32 bits per heavy atom. The van der Waals surface area contributed by atoms with Crippen molar-refractivity contribution in [3.05, 3.63) is 35.8 Å². The maximum absolute atomic E-state index is 10.6. The zero-order chi connectivity index (χ0) is 16.0. The molecule has 122 valence electrons. The van der Waals surface area contributed by atoms with Gasteiger partial charge in [0.05, 0.1) is 18.6 Å². The topological polar surface area (TPSA) is 33.4 Å². The molecule has 2 aliphatic rings. The van der Waals surface area contributed by atoms with Gasteiger partial charge >= 0.3 is 0 Å². The van der Waals surface area contributed by atoms with E-state index < -0.39 is 6.10 Å². The third-order valence-electron chi connectivity index (χ3n) is 6.68. The molecule has 1 saturated carbocycles. The lowest BCUT2D eigenvalue weighted by Crippen LogP contribution is -2.48. The Morgan fingerprint density at radius 2 is 2.09 bits per heavy atom. The molecule has 0 saturated heterocycles. The average Bonchev–Trinajstić information content (AvgIpc) is 2.96. The van der Waals surface area contributed by atoms with Crippen molar-refractivity contribution in [3.8, 4) is 0 Å². The summed E-state index contributed by atoms with van der Waals surface area (Å²) >= 11 is 0. The van der Waals surface area contributed by atoms with Crippen molar-refractivity contribution in [1.82, 2.24) is 0 Å². The first kappa shape index (κ1) is 15.9. The van der Waals surface area contributed by atoms with Crippen molar-refractivity contribution >= 4 is 0 Å². The van der Waals surface area contributed by atoms with Crippen molar-refractivity contribution in [2.45, 2.75) is 65.9 Å². The van der Waals surface area contributed by atoms with E-state index in [4.69, 9.17) is 4.42 Å². The van der Waals surface area contributed by atoms with E-state index in [0.29, 0.717) is 16.7 Å². The van der Waals surface area contributed by atoms with E-state index in [2.05, 4.69) is 33.8 Å². The van der Waals surface area contributed by atoms with Gasteiger partial charge in [0.15, 0.2) is 0 Å². The molecule has 0 spiro atoms. The van der Waals surface area contributed by atoms with Crippen LogP contribution in [0, 0.1) is 22.7 Å². The summed E-state index contributed by atoms with van der Waals surface area (Å²) in [5.74, 6) is 1.19. The fourth-order valence-electron chi connectivity index (χ4n) is 5.42. The Labute approximate surface area is 134 Å². The molecule has 1 aromatic heterocycles. The van der Waals surface area contributed by atoms with Crippen molar-refractivity contribution in [2.75, 3.05) is 0 Å². The minimum absolute atomic E-state index is 0.311. The quantitative estimate of drug-likeness (QED) is 0.748. The predicted octanol–water partition coefficient (Wildman–Crippen LogP) is 5.50. The third kappa shape index (κ3) is 2.56. The normalized spacial score (nSPS) is 35.6. The number of hydrogen-bond acceptors (Lipinski definition) is 2. The predicted molar refractivity (Wildman–Crippen MR) is 89.4 cm³/mol. The Bertz CT molecular complexity index is 540. The largest absolute Gasteiger partial charge is 0.472 e. The number of furan rings is 1. The summed E-state index contributed by atoms with van der Waals surface area (Å²) in [5, 5.41) is 10.6. The molecule has 2 aliphatic carbocycles. The molecule has 0 bridgehead atoms. The van der Waals surface area contributed by atoms with Gasteiger partial charge in [-0.05, 0) is 61.3 Å². The van der Waals surface area contributed by atoms with Crippen molar-refractivity contribution in [3.63, 3.8) is 0 Å². The lowest BCUT2D eigenvalue weighted by Gasteiger charge is -2.57. The third-order valence-corrected chi connectivity index (χ3v) is 6.68. The highest BCUT2D eigenvalue weighted by Crippen LogP contribution is 2.60. The van der Waals surface area contributed by atoms with Crippen LogP contribution in [0.3, 0.4) is 0 Å². The monoisotopic (exact) mass is 302 g/mol. The van der Waals surface area contributed by atoms with Crippen molar-refractivity contribution in [1.29, 1.82) is 0 Å². The second kappa shape index (κ2) is 5.56. The Hall–Kier alpha value is -1.02. The van der Waals surface area contributed by atoms with Crippen LogP contribution >= 0.6 is 0 Å². The first-order valence-electron chi connectivity index (χ1n) is 8.71. The van der Waals surface area contributed by atoms with Crippen LogP contribution in [0.25, 0.3) is 0 Å². The molecule has 3 rings (SSSR count). The zero-order valence-corrected chi connectivity index (χ0v) is 14.4. The highest BCUT2D eigenvalue weighted by Gasteiger charge is 2.52. The molecule has 0 aliphatic heterocycles. The smallest absolute Gasteiger partial charge is 0.0960 e. The van der Waals surface area contributed by atoms with Gasteiger partial charge in [-0.3, -0.25) is 0 Å². The first-order chi connectivity index (χ1) is 10.3. The van der Waals surface area contributed by atoms with Crippen LogP contribution in [0.15, 0.2) is 34.7 Å². The van der Waals surface area contributed by atoms with Crippen LogP contribution in [0.5, 0.6) is 0 Å². The minimum Gasteiger partial charge on any atom is -0.472 e. The molecule has 2 nitrogen and oxygen atoms in total. The van der Waals surface area contributed by atoms with E-state index in [-0.39, 0.29) is 0 Å². The van der Waals surface area contributed by atoms with Crippen LogP contribution in [-0.4, -0.2) is 5.11 Å². The average molecular weight is 302 g/mol. The van der Waals surface area contributed by atoms with Gasteiger partial charge in [0, 0.05) is 5.56 Å². The summed E-state index contributed by atoms with van der Waals surface area (Å²) in [6.07, 6.45) is 11.3. The SMILES string of the molecule is CC1=CC[C@H]2C(C)(C)CCC[C@]2(C)[C@H]1C[C@H](O)c1ccoc1. The number of aliphatic hydroxyl groups is 1. The Morgan fingerprint density at radius 3 is 2.77 bits per heavy atom. The number of fused-ring (bicyclic) bond motifs is 1. The van der Waals surface area contributed by atoms with E-state index in [0.717, 1.165) is 17.9 Å². The number of allylic oxidation sites excluding steroid dienone is 2. The van der Waals surface area contributed by atoms with Crippen LogP contribution in [0.4, 0.5) is 0 Å². The van der Waals surface area contributed by atoms with Gasteiger partial charge < -0.3 is 9.52 Å². The highest BCUT2D eigenvalue weighted by atomic mass is 16.3. The molecule has 0 unspecified atom stereocenters. The number of hydrogen-bond donors (Lipinski definition) is 1. The molecule has 1 N–H and O–H groups in total. The van der Waals surface area contributed by atoms with Gasteiger partial charge in [-0.1, -0.05) is 38.8 Å². The fraction of sp³-hybridized carbons (Fsp3) is 0.700. The zero-order valence-electron chi connectivity index (χ0n) is 14.4. The van der Waals surface area contributed by atoms with E-state index >= 15 is 0 Å². The van der Waals surface area contributed by atoms with Crippen molar-refractivity contribution < 1.29 is 9.52 Å². The standard InChI is InChI=1S/C20H30O2/c1-14-6-7-18-19(2,3)9-5-10-20(18,4)16(14)12-17(21)15-8-11-22-13-15/h6,8,11,13,16-18,21H,5,7,9-10,12H2,1-4H3/t16-,17-,18-,20+/m0/s1. The highest BCUT2D eigenvalue weighted by molar-refractivity contribution is 5.20. The van der Waals surface area contributed by atoms with E-state index in [9.17, 15) is 5.11 Å².